The molecule has 2 atom stereocenters. The van der Waals surface area contributed by atoms with E-state index in [9.17, 15) is 9.59 Å². The Morgan fingerprint density at radius 3 is 2.71 bits per heavy atom. The van der Waals surface area contributed by atoms with Gasteiger partial charge < -0.3 is 10.0 Å². The lowest BCUT2D eigenvalue weighted by Crippen LogP contribution is -2.44. The first-order valence-electron chi connectivity index (χ1n) is 7.75. The SMILES string of the molecule is CC1SCCN(C(=O)c2ccnc(C(=O)O)c2)C1c1ccccc1. The van der Waals surface area contributed by atoms with E-state index in [1.165, 1.54) is 12.3 Å². The number of thioether (sulfide) groups is 1. The molecule has 5 nitrogen and oxygen atoms in total. The Hall–Kier alpha value is -2.34. The van der Waals surface area contributed by atoms with E-state index in [1.54, 1.807) is 6.07 Å². The third-order valence-corrected chi connectivity index (χ3v) is 5.32. The Kier molecular flexibility index (Phi) is 4.85. The molecule has 24 heavy (non-hydrogen) atoms. The van der Waals surface area contributed by atoms with E-state index in [2.05, 4.69) is 11.9 Å². The largest absolute Gasteiger partial charge is 0.477 e. The maximum atomic E-state index is 13.0. The maximum absolute atomic E-state index is 13.0. The zero-order chi connectivity index (χ0) is 17.1. The molecule has 0 radical (unpaired) electrons. The Balaban J connectivity index is 1.94. The summed E-state index contributed by atoms with van der Waals surface area (Å²) in [7, 11) is 0. The summed E-state index contributed by atoms with van der Waals surface area (Å²) in [5, 5.41) is 9.35. The molecule has 0 aliphatic carbocycles. The number of pyridine rings is 1. The highest BCUT2D eigenvalue weighted by atomic mass is 32.2. The van der Waals surface area contributed by atoms with Crippen LogP contribution in [0.25, 0.3) is 0 Å². The average molecular weight is 342 g/mol. The molecule has 6 heteroatoms. The number of carboxylic acids is 1. The number of aromatic carboxylic acids is 1. The molecule has 1 aliphatic heterocycles. The van der Waals surface area contributed by atoms with Gasteiger partial charge in [0, 0.05) is 29.3 Å². The lowest BCUT2D eigenvalue weighted by Gasteiger charge is -2.40. The van der Waals surface area contributed by atoms with E-state index < -0.39 is 5.97 Å². The Morgan fingerprint density at radius 1 is 1.25 bits per heavy atom. The number of nitrogens with zero attached hydrogens (tertiary/aromatic N) is 2. The van der Waals surface area contributed by atoms with Crippen LogP contribution in [-0.4, -0.2) is 44.4 Å². The van der Waals surface area contributed by atoms with Crippen molar-refractivity contribution in [3.05, 3.63) is 65.5 Å². The van der Waals surface area contributed by atoms with Gasteiger partial charge in [0.05, 0.1) is 6.04 Å². The Labute approximate surface area is 144 Å². The van der Waals surface area contributed by atoms with Crippen LogP contribution < -0.4 is 0 Å². The van der Waals surface area contributed by atoms with Crippen molar-refractivity contribution in [2.45, 2.75) is 18.2 Å². The second-order valence-corrected chi connectivity index (χ2v) is 7.15. The normalized spacial score (nSPS) is 20.6. The number of carboxylic acid groups (broad SMARTS) is 1. The zero-order valence-corrected chi connectivity index (χ0v) is 14.1. The molecule has 1 N–H and O–H groups in total. The van der Waals surface area contributed by atoms with Crippen molar-refractivity contribution < 1.29 is 14.7 Å². The molecule has 1 aliphatic rings. The minimum absolute atomic E-state index is 0.0288. The van der Waals surface area contributed by atoms with Crippen LogP contribution in [0, 0.1) is 0 Å². The monoisotopic (exact) mass is 342 g/mol. The molecule has 0 saturated carbocycles. The first-order valence-corrected chi connectivity index (χ1v) is 8.79. The highest BCUT2D eigenvalue weighted by Gasteiger charge is 2.34. The molecule has 2 aromatic rings. The summed E-state index contributed by atoms with van der Waals surface area (Å²) < 4.78 is 0. The van der Waals surface area contributed by atoms with Crippen LogP contribution in [-0.2, 0) is 0 Å². The average Bonchev–Trinajstić information content (AvgIpc) is 2.61. The molecule has 3 rings (SSSR count). The van der Waals surface area contributed by atoms with Gasteiger partial charge in [0.2, 0.25) is 0 Å². The summed E-state index contributed by atoms with van der Waals surface area (Å²) in [6.45, 7) is 2.76. The summed E-state index contributed by atoms with van der Waals surface area (Å²) in [5.41, 5.74) is 1.34. The van der Waals surface area contributed by atoms with Crippen LogP contribution in [0.3, 0.4) is 0 Å². The molecule has 1 aromatic heterocycles. The summed E-state index contributed by atoms with van der Waals surface area (Å²) in [4.78, 5) is 29.7. The van der Waals surface area contributed by atoms with Crippen molar-refractivity contribution in [1.82, 2.24) is 9.88 Å². The van der Waals surface area contributed by atoms with Crippen molar-refractivity contribution in [2.75, 3.05) is 12.3 Å². The molecule has 1 saturated heterocycles. The fourth-order valence-electron chi connectivity index (χ4n) is 3.00. The van der Waals surface area contributed by atoms with E-state index in [0.29, 0.717) is 12.1 Å². The Morgan fingerprint density at radius 2 is 2.00 bits per heavy atom. The molecule has 0 spiro atoms. The van der Waals surface area contributed by atoms with Gasteiger partial charge in [-0.25, -0.2) is 9.78 Å². The van der Waals surface area contributed by atoms with Gasteiger partial charge in [-0.1, -0.05) is 37.3 Å². The van der Waals surface area contributed by atoms with Crippen LogP contribution in [0.5, 0.6) is 0 Å². The summed E-state index contributed by atoms with van der Waals surface area (Å²) in [6.07, 6.45) is 1.37. The molecule has 1 fully saturated rings. The number of hydrogen-bond donors (Lipinski definition) is 1. The lowest BCUT2D eigenvalue weighted by atomic mass is 10.0. The van der Waals surface area contributed by atoms with Crippen molar-refractivity contribution in [3.8, 4) is 0 Å². The van der Waals surface area contributed by atoms with E-state index >= 15 is 0 Å². The van der Waals surface area contributed by atoms with Gasteiger partial charge in [0.25, 0.3) is 5.91 Å². The number of carbonyl (C=O) groups is 2. The van der Waals surface area contributed by atoms with Gasteiger partial charge in [-0.2, -0.15) is 11.8 Å². The van der Waals surface area contributed by atoms with E-state index in [4.69, 9.17) is 5.11 Å². The number of rotatable bonds is 3. The highest BCUT2D eigenvalue weighted by molar-refractivity contribution is 8.00. The van der Waals surface area contributed by atoms with Gasteiger partial charge in [-0.15, -0.1) is 0 Å². The first kappa shape index (κ1) is 16.5. The second-order valence-electron chi connectivity index (χ2n) is 5.66. The maximum Gasteiger partial charge on any atom is 0.354 e. The number of hydrogen-bond acceptors (Lipinski definition) is 4. The lowest BCUT2D eigenvalue weighted by molar-refractivity contribution is 0.0680. The topological polar surface area (TPSA) is 70.5 Å². The third-order valence-electron chi connectivity index (χ3n) is 4.12. The molecule has 1 aromatic carbocycles. The summed E-state index contributed by atoms with van der Waals surface area (Å²) in [6, 6.07) is 12.8. The minimum atomic E-state index is -1.13. The van der Waals surface area contributed by atoms with E-state index in [1.807, 2.05) is 47.0 Å². The van der Waals surface area contributed by atoms with Crippen molar-refractivity contribution >= 4 is 23.6 Å². The zero-order valence-electron chi connectivity index (χ0n) is 13.3. The van der Waals surface area contributed by atoms with Gasteiger partial charge in [-0.3, -0.25) is 4.79 Å². The van der Waals surface area contributed by atoms with Gasteiger partial charge in [0.15, 0.2) is 0 Å². The van der Waals surface area contributed by atoms with E-state index in [-0.39, 0.29) is 22.9 Å². The standard InChI is InChI=1S/C18H18N2O3S/c1-12-16(13-5-3-2-4-6-13)20(9-10-24-12)17(21)14-7-8-19-15(11-14)18(22)23/h2-8,11-12,16H,9-10H2,1H3,(H,22,23). The molecular formula is C18H18N2O3S. The second kappa shape index (κ2) is 7.05. The predicted octanol–water partition coefficient (Wildman–Crippen LogP) is 3.10. The molecule has 2 unspecified atom stereocenters. The fraction of sp³-hybridized carbons (Fsp3) is 0.278. The quantitative estimate of drug-likeness (QED) is 0.928. The molecule has 0 bridgehead atoms. The molecule has 1 amide bonds. The van der Waals surface area contributed by atoms with Gasteiger partial charge in [0.1, 0.15) is 5.69 Å². The smallest absolute Gasteiger partial charge is 0.354 e. The number of amides is 1. The van der Waals surface area contributed by atoms with Crippen LogP contribution in [0.1, 0.15) is 39.4 Å². The van der Waals surface area contributed by atoms with E-state index in [0.717, 1.165) is 11.3 Å². The third kappa shape index (κ3) is 3.28. The Bertz CT molecular complexity index is 751. The number of aromatic nitrogens is 1. The van der Waals surface area contributed by atoms with Gasteiger partial charge in [-0.05, 0) is 17.7 Å². The first-order chi connectivity index (χ1) is 11.6. The van der Waals surface area contributed by atoms with Crippen molar-refractivity contribution in [3.63, 3.8) is 0 Å². The molecular weight excluding hydrogens is 324 g/mol. The van der Waals surface area contributed by atoms with Crippen LogP contribution in [0.4, 0.5) is 0 Å². The molecule has 124 valence electrons. The van der Waals surface area contributed by atoms with Crippen molar-refractivity contribution in [2.24, 2.45) is 0 Å². The minimum Gasteiger partial charge on any atom is -0.477 e. The van der Waals surface area contributed by atoms with Crippen LogP contribution in [0.2, 0.25) is 0 Å². The number of carbonyl (C=O) groups excluding carboxylic acids is 1. The highest BCUT2D eigenvalue weighted by Crippen LogP contribution is 2.36. The fourth-order valence-corrected chi connectivity index (χ4v) is 4.16. The predicted molar refractivity (Wildman–Crippen MR) is 93.3 cm³/mol. The summed E-state index contributed by atoms with van der Waals surface area (Å²) in [5.74, 6) is -0.416. The molecule has 2 heterocycles. The van der Waals surface area contributed by atoms with Gasteiger partial charge >= 0.3 is 5.97 Å². The van der Waals surface area contributed by atoms with Crippen LogP contribution in [0.15, 0.2) is 48.7 Å². The van der Waals surface area contributed by atoms with Crippen LogP contribution >= 0.6 is 11.8 Å². The van der Waals surface area contributed by atoms with Crippen molar-refractivity contribution in [1.29, 1.82) is 0 Å². The number of benzene rings is 1. The summed E-state index contributed by atoms with van der Waals surface area (Å²) >= 11 is 1.85.